The zero-order valence-electron chi connectivity index (χ0n) is 24.4. The molecule has 1 fully saturated rings. The lowest BCUT2D eigenvalue weighted by Crippen LogP contribution is -2.48. The van der Waals surface area contributed by atoms with Crippen LogP contribution in [0, 0.1) is 11.7 Å². The molecule has 1 aromatic heterocycles. The number of hydrogen-bond acceptors (Lipinski definition) is 4. The van der Waals surface area contributed by atoms with Crippen LogP contribution in [0.2, 0.25) is 20.5 Å². The molecule has 9 heteroatoms. The summed E-state index contributed by atoms with van der Waals surface area (Å²) in [5.74, 6) is -0.533. The molecule has 3 aromatic rings. The van der Waals surface area contributed by atoms with Gasteiger partial charge in [-0.15, -0.1) is 5.10 Å². The summed E-state index contributed by atoms with van der Waals surface area (Å²) in [5.41, 5.74) is 2.23. The van der Waals surface area contributed by atoms with Gasteiger partial charge in [0.05, 0.1) is 6.20 Å². The predicted octanol–water partition coefficient (Wildman–Crippen LogP) is 5.99. The van der Waals surface area contributed by atoms with Crippen LogP contribution in [-0.4, -0.2) is 51.0 Å². The van der Waals surface area contributed by atoms with E-state index in [0.29, 0.717) is 25.1 Å². The molecule has 4 rings (SSSR count). The van der Waals surface area contributed by atoms with Crippen molar-refractivity contribution in [2.24, 2.45) is 5.92 Å². The summed E-state index contributed by atoms with van der Waals surface area (Å²) in [6, 6.07) is 13.1. The zero-order valence-corrected chi connectivity index (χ0v) is 24.4. The molecular formula is C30H43BFN5O2. The Hall–Kier alpha value is -3.49. The number of benzene rings is 2. The van der Waals surface area contributed by atoms with Gasteiger partial charge in [0.2, 0.25) is 11.8 Å². The molecule has 0 saturated carbocycles. The summed E-state index contributed by atoms with van der Waals surface area (Å²) in [7, 11) is 0. The summed E-state index contributed by atoms with van der Waals surface area (Å²) in [5, 5.41) is 10.8. The van der Waals surface area contributed by atoms with E-state index in [2.05, 4.69) is 36.1 Å². The average Bonchev–Trinajstić information content (AvgIpc) is 3.62. The van der Waals surface area contributed by atoms with Crippen molar-refractivity contribution in [3.05, 3.63) is 72.3 Å². The first kappa shape index (κ1) is 31.7. The summed E-state index contributed by atoms with van der Waals surface area (Å²) in [4.78, 5) is 27.9. The molecule has 0 bridgehead atoms. The Bertz CT molecular complexity index is 1150. The number of likely N-dealkylation sites (tertiary alicyclic amines) is 1. The number of amides is 2. The highest BCUT2D eigenvalue weighted by molar-refractivity contribution is 6.54. The van der Waals surface area contributed by atoms with Crippen LogP contribution in [0.3, 0.4) is 0 Å². The molecule has 210 valence electrons. The summed E-state index contributed by atoms with van der Waals surface area (Å²) >= 11 is 0. The highest BCUT2D eigenvalue weighted by atomic mass is 19.1. The third-order valence-electron chi connectivity index (χ3n) is 6.05. The van der Waals surface area contributed by atoms with Crippen LogP contribution in [0.1, 0.15) is 52.1 Å². The van der Waals surface area contributed by atoms with Crippen LogP contribution in [0.25, 0.3) is 11.1 Å². The van der Waals surface area contributed by atoms with Gasteiger partial charge in [0.25, 0.3) is 0 Å². The number of aromatic nitrogens is 3. The molecule has 2 amide bonds. The maximum absolute atomic E-state index is 14.0. The molecule has 0 aliphatic carbocycles. The monoisotopic (exact) mass is 535 g/mol. The van der Waals surface area contributed by atoms with Crippen molar-refractivity contribution >= 4 is 18.5 Å². The Labute approximate surface area is 233 Å². The highest BCUT2D eigenvalue weighted by Crippen LogP contribution is 2.26. The van der Waals surface area contributed by atoms with Crippen molar-refractivity contribution in [1.82, 2.24) is 25.2 Å². The Morgan fingerprint density at radius 3 is 2.28 bits per heavy atom. The number of rotatable bonds is 7. The van der Waals surface area contributed by atoms with Crippen molar-refractivity contribution in [2.45, 2.75) is 79.6 Å². The molecule has 1 aliphatic rings. The number of carbonyl (C=O) groups is 2. The van der Waals surface area contributed by atoms with Crippen LogP contribution in [0.4, 0.5) is 4.39 Å². The molecule has 0 radical (unpaired) electrons. The minimum Gasteiger partial charge on any atom is -0.350 e. The third-order valence-corrected chi connectivity index (χ3v) is 6.05. The predicted molar refractivity (Wildman–Crippen MR) is 157 cm³/mol. The van der Waals surface area contributed by atoms with Gasteiger partial charge in [-0.2, -0.15) is 0 Å². The minimum absolute atomic E-state index is 0.0106. The van der Waals surface area contributed by atoms with E-state index in [0.717, 1.165) is 24.3 Å². The highest BCUT2D eigenvalue weighted by Gasteiger charge is 2.39. The smallest absolute Gasteiger partial charge is 0.248 e. The van der Waals surface area contributed by atoms with E-state index in [4.69, 9.17) is 0 Å². The number of halogens is 1. The summed E-state index contributed by atoms with van der Waals surface area (Å²) in [6.45, 7) is 16.1. The number of hydrogen-bond donors (Lipinski definition) is 1. The largest absolute Gasteiger partial charge is 0.350 e. The standard InChI is InChI=1S/C25H28FN5O2.C3H9B.C2H6/c1-17(2)23(31-15-13-28-29-31)25(33)30-14-5-8-22(30)24(32)27-16-18-9-11-19(12-10-18)20-6-3-4-7-21(20)26;1-4(2)3;1-2/h3-4,6-7,9-13,15,17,22-23H,5,8,14,16H2,1-2H3,(H,27,32);1-3H3;1-2H3. The fraction of sp³-hybridized carbons (Fsp3) is 0.467. The van der Waals surface area contributed by atoms with Crippen LogP contribution in [-0.2, 0) is 16.1 Å². The van der Waals surface area contributed by atoms with Gasteiger partial charge in [-0.3, -0.25) is 9.59 Å². The second-order valence-electron chi connectivity index (χ2n) is 10.4. The Morgan fingerprint density at radius 1 is 1.08 bits per heavy atom. The van der Waals surface area contributed by atoms with Crippen LogP contribution >= 0.6 is 0 Å². The first-order valence-electron chi connectivity index (χ1n) is 14.0. The van der Waals surface area contributed by atoms with E-state index < -0.39 is 12.1 Å². The van der Waals surface area contributed by atoms with E-state index >= 15 is 0 Å². The maximum atomic E-state index is 14.0. The first-order valence-corrected chi connectivity index (χ1v) is 14.0. The van der Waals surface area contributed by atoms with Gasteiger partial charge >= 0.3 is 0 Å². The molecule has 0 spiro atoms. The zero-order chi connectivity index (χ0) is 28.9. The lowest BCUT2D eigenvalue weighted by atomic mass is 9.58. The molecule has 1 aliphatic heterocycles. The van der Waals surface area contributed by atoms with E-state index in [1.807, 2.05) is 52.0 Å². The van der Waals surface area contributed by atoms with Crippen molar-refractivity contribution in [2.75, 3.05) is 6.54 Å². The molecule has 39 heavy (non-hydrogen) atoms. The lowest BCUT2D eigenvalue weighted by molar-refractivity contribution is -0.142. The molecule has 2 aromatic carbocycles. The van der Waals surface area contributed by atoms with E-state index in [-0.39, 0.29) is 23.5 Å². The molecule has 7 nitrogen and oxygen atoms in total. The molecule has 2 heterocycles. The fourth-order valence-corrected chi connectivity index (χ4v) is 4.35. The molecule has 1 saturated heterocycles. The van der Waals surface area contributed by atoms with E-state index in [9.17, 15) is 14.0 Å². The van der Waals surface area contributed by atoms with E-state index in [1.54, 1.807) is 40.2 Å². The molecule has 1 N–H and O–H groups in total. The van der Waals surface area contributed by atoms with Crippen LogP contribution < -0.4 is 5.32 Å². The topological polar surface area (TPSA) is 80.1 Å². The van der Waals surface area contributed by atoms with Gasteiger partial charge in [-0.05, 0) is 36.0 Å². The quantitative estimate of drug-likeness (QED) is 0.377. The number of carbonyl (C=O) groups excluding carboxylic acids is 2. The molecule has 2 atom stereocenters. The van der Waals surface area contributed by atoms with Crippen LogP contribution in [0.5, 0.6) is 0 Å². The van der Waals surface area contributed by atoms with E-state index in [1.165, 1.54) is 6.07 Å². The number of nitrogens with one attached hydrogen (secondary N) is 1. The van der Waals surface area contributed by atoms with Gasteiger partial charge in [0.1, 0.15) is 24.6 Å². The van der Waals surface area contributed by atoms with Gasteiger partial charge in [-0.1, -0.05) is 95.8 Å². The Kier molecular flexibility index (Phi) is 12.9. The maximum Gasteiger partial charge on any atom is 0.248 e. The van der Waals surface area contributed by atoms with Gasteiger partial charge < -0.3 is 10.2 Å². The fourth-order valence-electron chi connectivity index (χ4n) is 4.35. The Balaban J connectivity index is 0.000000815. The normalized spacial score (nSPS) is 15.0. The van der Waals surface area contributed by atoms with Gasteiger partial charge in [0.15, 0.2) is 0 Å². The van der Waals surface area contributed by atoms with Crippen molar-refractivity contribution in [1.29, 1.82) is 0 Å². The molecular weight excluding hydrogens is 492 g/mol. The van der Waals surface area contributed by atoms with Gasteiger partial charge in [0, 0.05) is 24.8 Å². The number of nitrogens with zero attached hydrogens (tertiary/aromatic N) is 4. The SMILES string of the molecule is CB(C)C.CC.CC(C)C(C(=O)N1CCCC1C(=O)NCc1ccc(-c2ccccc2F)cc1)n1ccnn1. The van der Waals surface area contributed by atoms with Crippen molar-refractivity contribution in [3.63, 3.8) is 0 Å². The summed E-state index contributed by atoms with van der Waals surface area (Å²) < 4.78 is 15.6. The second-order valence-corrected chi connectivity index (χ2v) is 10.4. The molecule has 2 unspecified atom stereocenters. The average molecular weight is 536 g/mol. The van der Waals surface area contributed by atoms with Crippen molar-refractivity contribution < 1.29 is 14.0 Å². The van der Waals surface area contributed by atoms with Crippen LogP contribution in [0.15, 0.2) is 60.9 Å². The summed E-state index contributed by atoms with van der Waals surface area (Å²) in [6.07, 6.45) is 4.64. The third kappa shape index (κ3) is 9.05. The van der Waals surface area contributed by atoms with Crippen molar-refractivity contribution in [3.8, 4) is 11.1 Å². The minimum atomic E-state index is -0.500. The lowest BCUT2D eigenvalue weighted by Gasteiger charge is -2.29. The Morgan fingerprint density at radius 2 is 1.72 bits per heavy atom. The first-order chi connectivity index (χ1) is 18.7. The van der Waals surface area contributed by atoms with Gasteiger partial charge in [-0.25, -0.2) is 9.07 Å². The second kappa shape index (κ2) is 15.8.